The molecule has 10 heavy (non-hydrogen) atoms. The third-order valence-electron chi connectivity index (χ3n) is 1.20. The first-order valence-corrected chi connectivity index (χ1v) is 3.25. The molecule has 0 aromatic carbocycles. The van der Waals surface area contributed by atoms with Crippen LogP contribution in [0.4, 0.5) is 0 Å². The average Bonchev–Trinajstić information content (AvgIpc) is 1.81. The zero-order chi connectivity index (χ0) is 8.15. The molecule has 2 nitrogen and oxygen atoms in total. The van der Waals surface area contributed by atoms with Crippen molar-refractivity contribution in [1.29, 1.82) is 0 Å². The molecule has 0 aliphatic heterocycles. The van der Waals surface area contributed by atoms with Crippen molar-refractivity contribution in [3.8, 4) is 0 Å². The molecule has 0 aliphatic carbocycles. The second-order valence-corrected chi connectivity index (χ2v) is 2.33. The molecule has 0 heterocycles. The van der Waals surface area contributed by atoms with E-state index in [1.165, 1.54) is 0 Å². The SMILES string of the molecule is C/C=C\C(B(O)O)=C(C)C. The van der Waals surface area contributed by atoms with E-state index in [9.17, 15) is 0 Å². The van der Waals surface area contributed by atoms with Crippen LogP contribution in [-0.2, 0) is 0 Å². The highest BCUT2D eigenvalue weighted by Crippen LogP contribution is 2.05. The molecule has 0 radical (unpaired) electrons. The molecular formula is C7H13BO2. The monoisotopic (exact) mass is 140 g/mol. The zero-order valence-electron chi connectivity index (χ0n) is 6.63. The lowest BCUT2D eigenvalue weighted by Gasteiger charge is -2.01. The molecular weight excluding hydrogens is 127 g/mol. The van der Waals surface area contributed by atoms with Crippen LogP contribution < -0.4 is 0 Å². The Morgan fingerprint density at radius 3 is 1.90 bits per heavy atom. The fraction of sp³-hybridized carbons (Fsp3) is 0.429. The molecule has 0 amide bonds. The molecule has 0 bridgehead atoms. The molecule has 0 rings (SSSR count). The number of hydrogen-bond donors (Lipinski definition) is 2. The largest absolute Gasteiger partial charge is 0.488 e. The summed E-state index contributed by atoms with van der Waals surface area (Å²) in [6.07, 6.45) is 3.47. The van der Waals surface area contributed by atoms with Gasteiger partial charge in [0.2, 0.25) is 0 Å². The van der Waals surface area contributed by atoms with E-state index in [4.69, 9.17) is 10.0 Å². The first-order chi connectivity index (χ1) is 4.59. The number of allylic oxidation sites excluding steroid dienone is 4. The second kappa shape index (κ2) is 4.31. The van der Waals surface area contributed by atoms with Crippen LogP contribution in [0.1, 0.15) is 20.8 Å². The Balaban J connectivity index is 4.44. The van der Waals surface area contributed by atoms with Gasteiger partial charge in [-0.2, -0.15) is 0 Å². The maximum absolute atomic E-state index is 8.76. The van der Waals surface area contributed by atoms with Crippen molar-refractivity contribution < 1.29 is 10.0 Å². The van der Waals surface area contributed by atoms with Crippen LogP contribution in [0.3, 0.4) is 0 Å². The van der Waals surface area contributed by atoms with Gasteiger partial charge in [0, 0.05) is 0 Å². The quantitative estimate of drug-likeness (QED) is 0.442. The van der Waals surface area contributed by atoms with E-state index in [1.54, 1.807) is 12.2 Å². The van der Waals surface area contributed by atoms with Gasteiger partial charge in [0.25, 0.3) is 0 Å². The van der Waals surface area contributed by atoms with Gasteiger partial charge in [-0.25, -0.2) is 0 Å². The van der Waals surface area contributed by atoms with Gasteiger partial charge in [-0.3, -0.25) is 0 Å². The Morgan fingerprint density at radius 1 is 1.30 bits per heavy atom. The minimum atomic E-state index is -1.35. The van der Waals surface area contributed by atoms with Crippen LogP contribution in [0, 0.1) is 0 Å². The summed E-state index contributed by atoms with van der Waals surface area (Å²) in [6, 6.07) is 0. The molecule has 2 N–H and O–H groups in total. The van der Waals surface area contributed by atoms with E-state index in [-0.39, 0.29) is 0 Å². The zero-order valence-corrected chi connectivity index (χ0v) is 6.63. The van der Waals surface area contributed by atoms with Gasteiger partial charge in [0.15, 0.2) is 0 Å². The summed E-state index contributed by atoms with van der Waals surface area (Å²) in [5, 5.41) is 17.5. The summed E-state index contributed by atoms with van der Waals surface area (Å²) in [6.45, 7) is 5.52. The van der Waals surface area contributed by atoms with Crippen molar-refractivity contribution >= 4 is 7.12 Å². The maximum Gasteiger partial charge on any atom is 0.488 e. The molecule has 0 unspecified atom stereocenters. The third kappa shape index (κ3) is 2.85. The maximum atomic E-state index is 8.76. The highest BCUT2D eigenvalue weighted by atomic mass is 16.4. The van der Waals surface area contributed by atoms with Crippen LogP contribution in [0.25, 0.3) is 0 Å². The summed E-state index contributed by atoms with van der Waals surface area (Å²) < 4.78 is 0. The van der Waals surface area contributed by atoms with Gasteiger partial charge in [-0.15, -0.1) is 0 Å². The molecule has 0 fully saturated rings. The first-order valence-electron chi connectivity index (χ1n) is 3.25. The molecule has 0 atom stereocenters. The molecule has 0 aromatic heterocycles. The number of rotatable bonds is 2. The van der Waals surface area contributed by atoms with Crippen molar-refractivity contribution in [2.24, 2.45) is 0 Å². The Labute approximate surface area is 62.0 Å². The second-order valence-electron chi connectivity index (χ2n) is 2.33. The molecule has 3 heteroatoms. The Morgan fingerprint density at radius 2 is 1.80 bits per heavy atom. The minimum Gasteiger partial charge on any atom is -0.423 e. The summed E-state index contributed by atoms with van der Waals surface area (Å²) >= 11 is 0. The van der Waals surface area contributed by atoms with E-state index < -0.39 is 7.12 Å². The van der Waals surface area contributed by atoms with Gasteiger partial charge < -0.3 is 10.0 Å². The van der Waals surface area contributed by atoms with Crippen LogP contribution in [0.2, 0.25) is 0 Å². The molecule has 0 saturated carbocycles. The third-order valence-corrected chi connectivity index (χ3v) is 1.20. The van der Waals surface area contributed by atoms with Crippen LogP contribution in [0.15, 0.2) is 23.2 Å². The summed E-state index contributed by atoms with van der Waals surface area (Å²) in [7, 11) is -1.35. The van der Waals surface area contributed by atoms with Crippen molar-refractivity contribution in [2.75, 3.05) is 0 Å². The lowest BCUT2D eigenvalue weighted by molar-refractivity contribution is 0.420. The molecule has 0 aliphatic rings. The predicted molar refractivity (Wildman–Crippen MR) is 43.4 cm³/mol. The van der Waals surface area contributed by atoms with Crippen molar-refractivity contribution in [2.45, 2.75) is 20.8 Å². The Hall–Kier alpha value is -0.535. The molecule has 56 valence electrons. The topological polar surface area (TPSA) is 40.5 Å². The molecule has 0 aromatic rings. The van der Waals surface area contributed by atoms with E-state index in [2.05, 4.69) is 0 Å². The lowest BCUT2D eigenvalue weighted by atomic mass is 9.76. The van der Waals surface area contributed by atoms with Crippen molar-refractivity contribution in [3.05, 3.63) is 23.2 Å². The van der Waals surface area contributed by atoms with Gasteiger partial charge in [0.1, 0.15) is 0 Å². The first kappa shape index (κ1) is 9.46. The van der Waals surface area contributed by atoms with Gasteiger partial charge in [-0.1, -0.05) is 17.7 Å². The highest BCUT2D eigenvalue weighted by Gasteiger charge is 2.11. The van der Waals surface area contributed by atoms with Crippen molar-refractivity contribution in [3.63, 3.8) is 0 Å². The minimum absolute atomic E-state index is 0.572. The average molecular weight is 140 g/mol. The highest BCUT2D eigenvalue weighted by molar-refractivity contribution is 6.52. The summed E-state index contributed by atoms with van der Waals surface area (Å²) in [5.74, 6) is 0. The number of hydrogen-bond acceptors (Lipinski definition) is 2. The standard InChI is InChI=1S/C7H13BO2/c1-4-5-7(6(2)3)8(9)10/h4-5,9-10H,1-3H3/b5-4-. The van der Waals surface area contributed by atoms with Gasteiger partial charge >= 0.3 is 7.12 Å². The van der Waals surface area contributed by atoms with E-state index >= 15 is 0 Å². The van der Waals surface area contributed by atoms with Crippen LogP contribution in [-0.4, -0.2) is 17.2 Å². The molecule has 0 saturated heterocycles. The van der Waals surface area contributed by atoms with E-state index in [0.29, 0.717) is 5.47 Å². The predicted octanol–water partition coefficient (Wildman–Crippen LogP) is 0.911. The van der Waals surface area contributed by atoms with Gasteiger partial charge in [0.05, 0.1) is 0 Å². The molecule has 0 spiro atoms. The van der Waals surface area contributed by atoms with E-state index in [0.717, 1.165) is 5.57 Å². The van der Waals surface area contributed by atoms with Crippen LogP contribution >= 0.6 is 0 Å². The fourth-order valence-corrected chi connectivity index (χ4v) is 0.690. The van der Waals surface area contributed by atoms with Crippen molar-refractivity contribution in [1.82, 2.24) is 0 Å². The van der Waals surface area contributed by atoms with E-state index in [1.807, 2.05) is 20.8 Å². The Bertz CT molecular complexity index is 155. The fourth-order valence-electron chi connectivity index (χ4n) is 0.690. The normalized spacial score (nSPS) is 10.1. The Kier molecular flexibility index (Phi) is 4.08. The summed E-state index contributed by atoms with van der Waals surface area (Å²) in [5.41, 5.74) is 1.50. The van der Waals surface area contributed by atoms with Crippen LogP contribution in [0.5, 0.6) is 0 Å². The summed E-state index contributed by atoms with van der Waals surface area (Å²) in [4.78, 5) is 0. The lowest BCUT2D eigenvalue weighted by Crippen LogP contribution is -2.14. The smallest absolute Gasteiger partial charge is 0.423 e. The van der Waals surface area contributed by atoms with Gasteiger partial charge in [-0.05, 0) is 26.2 Å².